The molecule has 1 aromatic heterocycles. The Labute approximate surface area is 95.3 Å². The van der Waals surface area contributed by atoms with Crippen LogP contribution >= 0.6 is 0 Å². The molecule has 0 aliphatic carbocycles. The van der Waals surface area contributed by atoms with Crippen LogP contribution in [0.25, 0.3) is 0 Å². The van der Waals surface area contributed by atoms with E-state index in [1.165, 1.54) is 6.33 Å². The zero-order valence-electron chi connectivity index (χ0n) is 9.56. The standard InChI is InChI=1S/C11H18N4O/c1-11(16)3-2-5-15(6-4-11)10-9(12)7-13-8-14-10/h7-8,16H,2-6,12H2,1H3. The number of aliphatic hydroxyl groups is 1. The fourth-order valence-electron chi connectivity index (χ4n) is 2.07. The van der Waals surface area contributed by atoms with E-state index in [9.17, 15) is 5.11 Å². The van der Waals surface area contributed by atoms with E-state index in [4.69, 9.17) is 5.73 Å². The number of nitrogens with zero attached hydrogens (tertiary/aromatic N) is 3. The highest BCUT2D eigenvalue weighted by molar-refractivity contribution is 5.60. The van der Waals surface area contributed by atoms with Gasteiger partial charge in [-0.1, -0.05) is 0 Å². The van der Waals surface area contributed by atoms with E-state index in [-0.39, 0.29) is 0 Å². The van der Waals surface area contributed by atoms with Gasteiger partial charge in [-0.3, -0.25) is 0 Å². The topological polar surface area (TPSA) is 75.3 Å². The third kappa shape index (κ3) is 2.41. The number of nitrogen functional groups attached to an aromatic ring is 1. The lowest BCUT2D eigenvalue weighted by Crippen LogP contribution is -2.29. The summed E-state index contributed by atoms with van der Waals surface area (Å²) in [4.78, 5) is 10.2. The second-order valence-electron chi connectivity index (χ2n) is 4.64. The molecule has 0 bridgehead atoms. The van der Waals surface area contributed by atoms with Crippen LogP contribution in [0.3, 0.4) is 0 Å². The molecule has 0 aromatic carbocycles. The lowest BCUT2D eigenvalue weighted by molar-refractivity contribution is 0.0481. The number of aromatic nitrogens is 2. The summed E-state index contributed by atoms with van der Waals surface area (Å²) in [6.07, 6.45) is 5.65. The first-order valence-electron chi connectivity index (χ1n) is 5.61. The first-order chi connectivity index (χ1) is 7.58. The van der Waals surface area contributed by atoms with Gasteiger partial charge in [-0.25, -0.2) is 9.97 Å². The van der Waals surface area contributed by atoms with Crippen molar-refractivity contribution in [1.29, 1.82) is 0 Å². The lowest BCUT2D eigenvalue weighted by atomic mass is 9.98. The van der Waals surface area contributed by atoms with Gasteiger partial charge in [-0.05, 0) is 26.2 Å². The van der Waals surface area contributed by atoms with Gasteiger partial charge in [0.2, 0.25) is 0 Å². The fourth-order valence-corrected chi connectivity index (χ4v) is 2.07. The second-order valence-corrected chi connectivity index (χ2v) is 4.64. The van der Waals surface area contributed by atoms with Gasteiger partial charge in [-0.15, -0.1) is 0 Å². The summed E-state index contributed by atoms with van der Waals surface area (Å²) in [7, 11) is 0. The van der Waals surface area contributed by atoms with Gasteiger partial charge in [0.1, 0.15) is 6.33 Å². The van der Waals surface area contributed by atoms with Crippen LogP contribution in [-0.4, -0.2) is 33.8 Å². The maximum absolute atomic E-state index is 10.00. The predicted molar refractivity (Wildman–Crippen MR) is 63.1 cm³/mol. The van der Waals surface area contributed by atoms with Crippen LogP contribution in [0.2, 0.25) is 0 Å². The van der Waals surface area contributed by atoms with Crippen LogP contribution in [0.4, 0.5) is 11.5 Å². The highest BCUT2D eigenvalue weighted by Crippen LogP contribution is 2.26. The number of anilines is 2. The van der Waals surface area contributed by atoms with Crippen molar-refractivity contribution in [1.82, 2.24) is 9.97 Å². The number of hydrogen-bond acceptors (Lipinski definition) is 5. The molecule has 1 saturated heterocycles. The van der Waals surface area contributed by atoms with Crippen LogP contribution in [0.5, 0.6) is 0 Å². The smallest absolute Gasteiger partial charge is 0.155 e. The van der Waals surface area contributed by atoms with Gasteiger partial charge in [0, 0.05) is 13.1 Å². The summed E-state index contributed by atoms with van der Waals surface area (Å²) in [6, 6.07) is 0. The SMILES string of the molecule is CC1(O)CCCN(c2ncncc2N)CC1. The van der Waals surface area contributed by atoms with Crippen molar-refractivity contribution < 1.29 is 5.11 Å². The maximum Gasteiger partial charge on any atom is 0.155 e. The molecule has 3 N–H and O–H groups in total. The van der Waals surface area contributed by atoms with Crippen molar-refractivity contribution in [3.63, 3.8) is 0 Å². The third-order valence-electron chi connectivity index (χ3n) is 3.08. The van der Waals surface area contributed by atoms with Gasteiger partial charge in [0.05, 0.1) is 17.5 Å². The first-order valence-corrected chi connectivity index (χ1v) is 5.61. The van der Waals surface area contributed by atoms with Gasteiger partial charge in [0.25, 0.3) is 0 Å². The molecule has 1 unspecified atom stereocenters. The molecule has 1 aliphatic rings. The van der Waals surface area contributed by atoms with Gasteiger partial charge in [-0.2, -0.15) is 0 Å². The van der Waals surface area contributed by atoms with Crippen LogP contribution in [0, 0.1) is 0 Å². The van der Waals surface area contributed by atoms with Crippen molar-refractivity contribution in [3.8, 4) is 0 Å². The quantitative estimate of drug-likeness (QED) is 0.735. The van der Waals surface area contributed by atoms with Gasteiger partial charge < -0.3 is 15.7 Å². The summed E-state index contributed by atoms with van der Waals surface area (Å²) in [6.45, 7) is 3.56. The Bertz CT molecular complexity index is 367. The molecule has 1 atom stereocenters. The average molecular weight is 222 g/mol. The van der Waals surface area contributed by atoms with Crippen molar-refractivity contribution in [2.75, 3.05) is 23.7 Å². The Morgan fingerprint density at radius 2 is 2.25 bits per heavy atom. The Hall–Kier alpha value is -1.36. The van der Waals surface area contributed by atoms with Crippen molar-refractivity contribution >= 4 is 11.5 Å². The summed E-state index contributed by atoms with van der Waals surface area (Å²) < 4.78 is 0. The highest BCUT2D eigenvalue weighted by atomic mass is 16.3. The first kappa shape index (κ1) is 11.1. The van der Waals surface area contributed by atoms with Crippen molar-refractivity contribution in [2.45, 2.75) is 31.8 Å². The Kier molecular flexibility index (Phi) is 2.96. The summed E-state index contributed by atoms with van der Waals surface area (Å²) in [5.41, 5.74) is 5.88. The summed E-state index contributed by atoms with van der Waals surface area (Å²) in [5, 5.41) is 10.00. The highest BCUT2D eigenvalue weighted by Gasteiger charge is 2.25. The van der Waals surface area contributed by atoms with E-state index in [0.29, 0.717) is 5.69 Å². The van der Waals surface area contributed by atoms with Crippen LogP contribution in [0.15, 0.2) is 12.5 Å². The molecule has 0 amide bonds. The molecule has 0 radical (unpaired) electrons. The normalized spacial score (nSPS) is 26.5. The van der Waals surface area contributed by atoms with E-state index in [2.05, 4.69) is 14.9 Å². The fraction of sp³-hybridized carbons (Fsp3) is 0.636. The van der Waals surface area contributed by atoms with Crippen molar-refractivity contribution in [3.05, 3.63) is 12.5 Å². The molecule has 2 rings (SSSR count). The van der Waals surface area contributed by atoms with E-state index < -0.39 is 5.60 Å². The average Bonchev–Trinajstić information content (AvgIpc) is 2.40. The molecular formula is C11H18N4O. The van der Waals surface area contributed by atoms with Gasteiger partial charge in [0.15, 0.2) is 5.82 Å². The predicted octanol–water partition coefficient (Wildman–Crippen LogP) is 0.800. The van der Waals surface area contributed by atoms with Gasteiger partial charge >= 0.3 is 0 Å². The molecule has 16 heavy (non-hydrogen) atoms. The summed E-state index contributed by atoms with van der Waals surface area (Å²) >= 11 is 0. The zero-order valence-corrected chi connectivity index (χ0v) is 9.56. The molecule has 5 heteroatoms. The van der Waals surface area contributed by atoms with E-state index in [1.54, 1.807) is 6.20 Å². The molecular weight excluding hydrogens is 204 g/mol. The Morgan fingerprint density at radius 1 is 1.44 bits per heavy atom. The Morgan fingerprint density at radius 3 is 3.00 bits per heavy atom. The minimum atomic E-state index is -0.559. The molecule has 1 fully saturated rings. The zero-order chi connectivity index (χ0) is 11.6. The van der Waals surface area contributed by atoms with E-state index in [1.807, 2.05) is 6.92 Å². The molecule has 88 valence electrons. The Balaban J connectivity index is 2.14. The molecule has 0 spiro atoms. The minimum absolute atomic E-state index is 0.559. The molecule has 1 aromatic rings. The maximum atomic E-state index is 10.00. The lowest BCUT2D eigenvalue weighted by Gasteiger charge is -2.23. The molecule has 2 heterocycles. The van der Waals surface area contributed by atoms with Crippen LogP contribution in [0.1, 0.15) is 26.2 Å². The molecule has 1 aliphatic heterocycles. The van der Waals surface area contributed by atoms with Crippen molar-refractivity contribution in [2.24, 2.45) is 0 Å². The monoisotopic (exact) mass is 222 g/mol. The van der Waals surface area contributed by atoms with E-state index >= 15 is 0 Å². The number of hydrogen-bond donors (Lipinski definition) is 2. The minimum Gasteiger partial charge on any atom is -0.394 e. The largest absolute Gasteiger partial charge is 0.394 e. The second kappa shape index (κ2) is 4.25. The summed E-state index contributed by atoms with van der Waals surface area (Å²) in [5.74, 6) is 0.785. The number of rotatable bonds is 1. The molecule has 0 saturated carbocycles. The van der Waals surface area contributed by atoms with Crippen LogP contribution < -0.4 is 10.6 Å². The number of nitrogens with two attached hydrogens (primary N) is 1. The van der Waals surface area contributed by atoms with Crippen LogP contribution in [-0.2, 0) is 0 Å². The third-order valence-corrected chi connectivity index (χ3v) is 3.08. The molecule has 5 nitrogen and oxygen atoms in total. The van der Waals surface area contributed by atoms with E-state index in [0.717, 1.165) is 38.2 Å².